The molecular formula is C24H31NO11. The Morgan fingerprint density at radius 3 is 2.03 bits per heavy atom. The number of ether oxygens (including phenoxy) is 6. The fourth-order valence-electron chi connectivity index (χ4n) is 3.51. The van der Waals surface area contributed by atoms with E-state index >= 15 is 0 Å². The van der Waals surface area contributed by atoms with Gasteiger partial charge in [-0.05, 0) is 5.56 Å². The summed E-state index contributed by atoms with van der Waals surface area (Å²) in [6, 6.07) is 8.14. The number of carbonyl (C=O) groups is 5. The van der Waals surface area contributed by atoms with Crippen molar-refractivity contribution in [2.75, 3.05) is 13.2 Å². The third kappa shape index (κ3) is 9.62. The predicted molar refractivity (Wildman–Crippen MR) is 121 cm³/mol. The molecule has 5 atom stereocenters. The number of nitrogens with one attached hydrogen (secondary N) is 1. The Labute approximate surface area is 208 Å². The van der Waals surface area contributed by atoms with Gasteiger partial charge in [0.05, 0.1) is 13.2 Å². The second-order valence-electron chi connectivity index (χ2n) is 7.98. The summed E-state index contributed by atoms with van der Waals surface area (Å²) in [6.45, 7) is 4.53. The minimum atomic E-state index is -1.44. The van der Waals surface area contributed by atoms with E-state index in [1.165, 1.54) is 6.92 Å². The summed E-state index contributed by atoms with van der Waals surface area (Å²) in [4.78, 5) is 59.5. The quantitative estimate of drug-likeness (QED) is 0.256. The van der Waals surface area contributed by atoms with Gasteiger partial charge < -0.3 is 33.7 Å². The molecule has 1 saturated heterocycles. The van der Waals surface area contributed by atoms with Crippen LogP contribution in [0, 0.1) is 0 Å². The summed E-state index contributed by atoms with van der Waals surface area (Å²) in [7, 11) is 0. The van der Waals surface area contributed by atoms with E-state index in [-0.39, 0.29) is 13.0 Å². The van der Waals surface area contributed by atoms with Crippen LogP contribution in [0.2, 0.25) is 0 Å². The largest absolute Gasteiger partial charge is 0.463 e. The third-order valence-electron chi connectivity index (χ3n) is 4.90. The topological polar surface area (TPSA) is 153 Å². The molecule has 0 bridgehead atoms. The lowest BCUT2D eigenvalue weighted by molar-refractivity contribution is -0.271. The maximum absolute atomic E-state index is 12.7. The normalized spacial score (nSPS) is 23.2. The molecule has 1 aliphatic rings. The molecule has 1 aromatic rings. The molecule has 1 aromatic carbocycles. The Morgan fingerprint density at radius 2 is 1.44 bits per heavy atom. The molecule has 0 unspecified atom stereocenters. The fourth-order valence-corrected chi connectivity index (χ4v) is 3.51. The maximum atomic E-state index is 12.7. The smallest absolute Gasteiger partial charge is 0.305 e. The first-order valence-corrected chi connectivity index (χ1v) is 11.3. The van der Waals surface area contributed by atoms with E-state index in [2.05, 4.69) is 5.32 Å². The van der Waals surface area contributed by atoms with Crippen LogP contribution in [-0.4, -0.2) is 73.6 Å². The lowest BCUT2D eigenvalue weighted by Crippen LogP contribution is -2.67. The summed E-state index contributed by atoms with van der Waals surface area (Å²) in [5.41, 5.74) is 0.937. The van der Waals surface area contributed by atoms with Gasteiger partial charge in [0.2, 0.25) is 12.2 Å². The molecule has 1 heterocycles. The molecule has 0 aromatic heterocycles. The first-order valence-electron chi connectivity index (χ1n) is 11.3. The van der Waals surface area contributed by atoms with Crippen molar-refractivity contribution in [1.82, 2.24) is 5.32 Å². The molecule has 1 N–H and O–H groups in total. The maximum Gasteiger partial charge on any atom is 0.305 e. The van der Waals surface area contributed by atoms with Crippen LogP contribution in [0.3, 0.4) is 0 Å². The van der Waals surface area contributed by atoms with Crippen LogP contribution < -0.4 is 5.32 Å². The molecule has 0 radical (unpaired) electrons. The monoisotopic (exact) mass is 509 g/mol. The highest BCUT2D eigenvalue weighted by Crippen LogP contribution is 2.28. The molecule has 0 spiro atoms. The predicted octanol–water partition coefficient (Wildman–Crippen LogP) is 0.793. The lowest BCUT2D eigenvalue weighted by atomic mass is 9.96. The van der Waals surface area contributed by atoms with Gasteiger partial charge in [-0.1, -0.05) is 30.3 Å². The zero-order valence-electron chi connectivity index (χ0n) is 20.6. The molecule has 198 valence electrons. The van der Waals surface area contributed by atoms with Gasteiger partial charge in [0.1, 0.15) is 18.8 Å². The fraction of sp³-hybridized carbons (Fsp3) is 0.542. The summed E-state index contributed by atoms with van der Waals surface area (Å²) < 4.78 is 32.1. The van der Waals surface area contributed by atoms with Crippen molar-refractivity contribution in [3.8, 4) is 0 Å². The SMILES string of the molecule is CC(=O)OC[C@H]1O[C@@H](OC(C)=O)[C@H](NC(=O)CCOCc2ccccc2)[C@@H](OC(C)=O)[C@@H]1OC(C)=O. The summed E-state index contributed by atoms with van der Waals surface area (Å²) in [5.74, 6) is -3.40. The minimum Gasteiger partial charge on any atom is -0.463 e. The molecule has 0 aliphatic carbocycles. The number of esters is 4. The van der Waals surface area contributed by atoms with Gasteiger partial charge in [0.15, 0.2) is 12.2 Å². The minimum absolute atomic E-state index is 0.0714. The molecule has 1 fully saturated rings. The van der Waals surface area contributed by atoms with Crippen LogP contribution in [0.25, 0.3) is 0 Å². The van der Waals surface area contributed by atoms with Crippen molar-refractivity contribution >= 4 is 29.8 Å². The first kappa shape index (κ1) is 28.7. The Hall–Kier alpha value is -3.51. The van der Waals surface area contributed by atoms with E-state index in [4.69, 9.17) is 28.4 Å². The number of carbonyl (C=O) groups excluding carboxylic acids is 5. The van der Waals surface area contributed by atoms with E-state index < -0.39 is 67.0 Å². The zero-order valence-corrected chi connectivity index (χ0v) is 20.6. The average molecular weight is 510 g/mol. The van der Waals surface area contributed by atoms with Crippen LogP contribution in [0.4, 0.5) is 0 Å². The number of hydrogen-bond donors (Lipinski definition) is 1. The van der Waals surface area contributed by atoms with E-state index in [0.717, 1.165) is 26.3 Å². The number of hydrogen-bond acceptors (Lipinski definition) is 11. The van der Waals surface area contributed by atoms with Crippen LogP contribution in [0.1, 0.15) is 39.7 Å². The van der Waals surface area contributed by atoms with E-state index in [0.29, 0.717) is 6.61 Å². The highest BCUT2D eigenvalue weighted by molar-refractivity contribution is 5.77. The summed E-state index contributed by atoms with van der Waals surface area (Å²) >= 11 is 0. The van der Waals surface area contributed by atoms with Crippen molar-refractivity contribution in [2.24, 2.45) is 0 Å². The van der Waals surface area contributed by atoms with E-state index in [9.17, 15) is 24.0 Å². The van der Waals surface area contributed by atoms with Gasteiger partial charge >= 0.3 is 23.9 Å². The molecule has 12 nitrogen and oxygen atoms in total. The van der Waals surface area contributed by atoms with Gasteiger partial charge in [-0.3, -0.25) is 24.0 Å². The average Bonchev–Trinajstić information content (AvgIpc) is 2.79. The van der Waals surface area contributed by atoms with E-state index in [1.807, 2.05) is 30.3 Å². The van der Waals surface area contributed by atoms with Crippen LogP contribution in [-0.2, 0) is 59.0 Å². The molecule has 1 amide bonds. The van der Waals surface area contributed by atoms with Gasteiger partial charge in [-0.25, -0.2) is 0 Å². The van der Waals surface area contributed by atoms with Crippen LogP contribution in [0.15, 0.2) is 30.3 Å². The molecule has 1 aliphatic heterocycles. The molecule has 2 rings (SSSR count). The Bertz CT molecular complexity index is 920. The van der Waals surface area contributed by atoms with Crippen molar-refractivity contribution in [3.63, 3.8) is 0 Å². The first-order chi connectivity index (χ1) is 17.1. The highest BCUT2D eigenvalue weighted by atomic mass is 16.7. The molecule has 36 heavy (non-hydrogen) atoms. The Kier molecular flexibility index (Phi) is 11.3. The number of rotatable bonds is 11. The van der Waals surface area contributed by atoms with E-state index in [1.54, 1.807) is 0 Å². The van der Waals surface area contributed by atoms with Crippen molar-refractivity contribution in [3.05, 3.63) is 35.9 Å². The summed E-state index contributed by atoms with van der Waals surface area (Å²) in [6.07, 6.45) is -5.27. The molecular weight excluding hydrogens is 478 g/mol. The van der Waals surface area contributed by atoms with Crippen LogP contribution in [0.5, 0.6) is 0 Å². The second-order valence-corrected chi connectivity index (χ2v) is 7.98. The third-order valence-corrected chi connectivity index (χ3v) is 4.90. The van der Waals surface area contributed by atoms with Gasteiger partial charge in [0.25, 0.3) is 0 Å². The second kappa shape index (κ2) is 14.1. The standard InChI is InChI=1S/C24H31NO11/c1-14(26)32-13-19-22(33-15(2)27)23(34-16(3)28)21(24(36-19)35-17(4)29)25-20(30)10-11-31-12-18-8-6-5-7-9-18/h5-9,19,21-24H,10-13H2,1-4H3,(H,25,30)/t19-,21-,22-,23-,24-/m1/s1. The van der Waals surface area contributed by atoms with Crippen molar-refractivity contribution in [1.29, 1.82) is 0 Å². The lowest BCUT2D eigenvalue weighted by Gasteiger charge is -2.44. The van der Waals surface area contributed by atoms with Crippen LogP contribution >= 0.6 is 0 Å². The van der Waals surface area contributed by atoms with Gasteiger partial charge in [-0.2, -0.15) is 0 Å². The van der Waals surface area contributed by atoms with Crippen molar-refractivity contribution in [2.45, 2.75) is 71.4 Å². The number of benzene rings is 1. The number of amides is 1. The molecule has 0 saturated carbocycles. The highest BCUT2D eigenvalue weighted by Gasteiger charge is 2.52. The summed E-state index contributed by atoms with van der Waals surface area (Å²) in [5, 5.41) is 2.62. The van der Waals surface area contributed by atoms with Crippen molar-refractivity contribution < 1.29 is 52.4 Å². The Morgan fingerprint density at radius 1 is 0.833 bits per heavy atom. The van der Waals surface area contributed by atoms with Gasteiger partial charge in [-0.15, -0.1) is 0 Å². The van der Waals surface area contributed by atoms with Gasteiger partial charge in [0, 0.05) is 34.1 Å². The zero-order chi connectivity index (χ0) is 26.7. The molecule has 12 heteroatoms. The Balaban J connectivity index is 2.18.